The molecule has 1 amide bonds. The zero-order chi connectivity index (χ0) is 16.1. The fourth-order valence-corrected chi connectivity index (χ4v) is 3.95. The molecule has 1 N–H and O–H groups in total. The standard InChI is InChI=1S/C18H23N3OS/c1-14-8-12-23-17(14)18(22)21(13-15-5-2-3-10-20-15)16-6-4-9-19-11-7-16/h2-3,5,8,10,12,16,19H,4,6-7,9,11,13H2,1H3. The zero-order valence-electron chi connectivity index (χ0n) is 13.5. The molecule has 23 heavy (non-hydrogen) atoms. The first-order chi connectivity index (χ1) is 11.3. The largest absolute Gasteiger partial charge is 0.329 e. The Morgan fingerprint density at radius 2 is 2.26 bits per heavy atom. The Morgan fingerprint density at radius 1 is 1.35 bits per heavy atom. The Balaban J connectivity index is 1.86. The first kappa shape index (κ1) is 16.1. The fourth-order valence-electron chi connectivity index (χ4n) is 3.07. The highest BCUT2D eigenvalue weighted by molar-refractivity contribution is 7.12. The second kappa shape index (κ2) is 7.70. The Hall–Kier alpha value is -1.72. The van der Waals surface area contributed by atoms with Crippen LogP contribution in [0.25, 0.3) is 0 Å². The first-order valence-electron chi connectivity index (χ1n) is 8.21. The number of nitrogens with zero attached hydrogens (tertiary/aromatic N) is 2. The van der Waals surface area contributed by atoms with Gasteiger partial charge in [0.15, 0.2) is 0 Å². The third-order valence-corrected chi connectivity index (χ3v) is 5.37. The second-order valence-corrected chi connectivity index (χ2v) is 6.94. The molecule has 0 saturated carbocycles. The molecule has 0 radical (unpaired) electrons. The van der Waals surface area contributed by atoms with Gasteiger partial charge < -0.3 is 10.2 Å². The maximum Gasteiger partial charge on any atom is 0.264 e. The van der Waals surface area contributed by atoms with Gasteiger partial charge >= 0.3 is 0 Å². The topological polar surface area (TPSA) is 45.2 Å². The molecule has 3 rings (SSSR count). The molecule has 1 aliphatic rings. The van der Waals surface area contributed by atoms with Crippen molar-refractivity contribution >= 4 is 17.2 Å². The van der Waals surface area contributed by atoms with Gasteiger partial charge in [0.05, 0.1) is 17.1 Å². The van der Waals surface area contributed by atoms with Crippen LogP contribution in [0.5, 0.6) is 0 Å². The van der Waals surface area contributed by atoms with E-state index in [9.17, 15) is 4.79 Å². The molecule has 1 fully saturated rings. The van der Waals surface area contributed by atoms with Crippen LogP contribution in [0.4, 0.5) is 0 Å². The van der Waals surface area contributed by atoms with E-state index >= 15 is 0 Å². The van der Waals surface area contributed by atoms with Crippen LogP contribution in [0.15, 0.2) is 35.8 Å². The summed E-state index contributed by atoms with van der Waals surface area (Å²) < 4.78 is 0. The number of aryl methyl sites for hydroxylation is 1. The van der Waals surface area contributed by atoms with Crippen molar-refractivity contribution in [3.05, 3.63) is 52.0 Å². The van der Waals surface area contributed by atoms with Gasteiger partial charge in [0.25, 0.3) is 5.91 Å². The van der Waals surface area contributed by atoms with Crippen LogP contribution in [0.1, 0.15) is 40.2 Å². The Bertz CT molecular complexity index is 633. The minimum atomic E-state index is 0.148. The smallest absolute Gasteiger partial charge is 0.264 e. The van der Waals surface area contributed by atoms with Gasteiger partial charge in [0, 0.05) is 12.2 Å². The molecule has 3 heterocycles. The van der Waals surface area contributed by atoms with E-state index in [4.69, 9.17) is 0 Å². The molecule has 2 aromatic rings. The zero-order valence-corrected chi connectivity index (χ0v) is 14.3. The van der Waals surface area contributed by atoms with Crippen LogP contribution in [0, 0.1) is 6.92 Å². The molecule has 0 spiro atoms. The molecule has 0 aromatic carbocycles. The number of hydrogen-bond donors (Lipinski definition) is 1. The minimum absolute atomic E-state index is 0.148. The molecule has 1 saturated heterocycles. The predicted molar refractivity (Wildman–Crippen MR) is 93.7 cm³/mol. The fraction of sp³-hybridized carbons (Fsp3) is 0.444. The lowest BCUT2D eigenvalue weighted by Gasteiger charge is -2.31. The summed E-state index contributed by atoms with van der Waals surface area (Å²) in [6.07, 6.45) is 4.96. The molecule has 1 unspecified atom stereocenters. The predicted octanol–water partition coefficient (Wildman–Crippen LogP) is 3.24. The number of carbonyl (C=O) groups is 1. The van der Waals surface area contributed by atoms with Crippen molar-refractivity contribution in [1.82, 2.24) is 15.2 Å². The van der Waals surface area contributed by atoms with E-state index in [1.165, 1.54) is 11.3 Å². The van der Waals surface area contributed by atoms with Gasteiger partial charge in [-0.05, 0) is 68.4 Å². The summed E-state index contributed by atoms with van der Waals surface area (Å²) in [6, 6.07) is 8.19. The van der Waals surface area contributed by atoms with Gasteiger partial charge in [-0.15, -0.1) is 11.3 Å². The summed E-state index contributed by atoms with van der Waals surface area (Å²) in [4.78, 5) is 20.4. The third kappa shape index (κ3) is 3.98. The third-order valence-electron chi connectivity index (χ3n) is 4.36. The van der Waals surface area contributed by atoms with Gasteiger partial charge in [-0.3, -0.25) is 9.78 Å². The molecular formula is C18H23N3OS. The van der Waals surface area contributed by atoms with Gasteiger partial charge in [-0.25, -0.2) is 0 Å². The molecule has 122 valence electrons. The van der Waals surface area contributed by atoms with E-state index in [0.29, 0.717) is 6.54 Å². The number of aromatic nitrogens is 1. The number of nitrogens with one attached hydrogen (secondary N) is 1. The lowest BCUT2D eigenvalue weighted by molar-refractivity contribution is 0.0647. The SMILES string of the molecule is Cc1ccsc1C(=O)N(Cc1ccccn1)C1CCCNCC1. The van der Waals surface area contributed by atoms with E-state index < -0.39 is 0 Å². The molecular weight excluding hydrogens is 306 g/mol. The number of hydrogen-bond acceptors (Lipinski definition) is 4. The van der Waals surface area contributed by atoms with Crippen molar-refractivity contribution in [3.63, 3.8) is 0 Å². The molecule has 0 bridgehead atoms. The lowest BCUT2D eigenvalue weighted by atomic mass is 10.1. The van der Waals surface area contributed by atoms with Crippen molar-refractivity contribution in [2.45, 2.75) is 38.8 Å². The number of amides is 1. The van der Waals surface area contributed by atoms with E-state index in [1.807, 2.05) is 41.5 Å². The maximum absolute atomic E-state index is 13.1. The van der Waals surface area contributed by atoms with Crippen LogP contribution in [0.3, 0.4) is 0 Å². The van der Waals surface area contributed by atoms with Crippen molar-refractivity contribution in [2.75, 3.05) is 13.1 Å². The van der Waals surface area contributed by atoms with E-state index in [0.717, 1.165) is 48.5 Å². The van der Waals surface area contributed by atoms with Crippen molar-refractivity contribution < 1.29 is 4.79 Å². The van der Waals surface area contributed by atoms with Crippen molar-refractivity contribution in [3.8, 4) is 0 Å². The van der Waals surface area contributed by atoms with E-state index in [1.54, 1.807) is 6.20 Å². The number of rotatable bonds is 4. The van der Waals surface area contributed by atoms with E-state index in [2.05, 4.69) is 10.3 Å². The number of pyridine rings is 1. The molecule has 1 aliphatic heterocycles. The monoisotopic (exact) mass is 329 g/mol. The summed E-state index contributed by atoms with van der Waals surface area (Å²) in [6.45, 7) is 4.61. The van der Waals surface area contributed by atoms with Crippen LogP contribution >= 0.6 is 11.3 Å². The average Bonchev–Trinajstić information content (AvgIpc) is 2.84. The Kier molecular flexibility index (Phi) is 5.41. The van der Waals surface area contributed by atoms with Crippen LogP contribution < -0.4 is 5.32 Å². The summed E-state index contributed by atoms with van der Waals surface area (Å²) in [5.74, 6) is 0.148. The van der Waals surface area contributed by atoms with Crippen molar-refractivity contribution in [1.29, 1.82) is 0 Å². The minimum Gasteiger partial charge on any atom is -0.329 e. The van der Waals surface area contributed by atoms with Gasteiger partial charge in [-0.2, -0.15) is 0 Å². The number of carbonyl (C=O) groups excluding carboxylic acids is 1. The number of thiophene rings is 1. The van der Waals surface area contributed by atoms with Crippen LogP contribution in [-0.4, -0.2) is 34.9 Å². The summed E-state index contributed by atoms with van der Waals surface area (Å²) in [7, 11) is 0. The lowest BCUT2D eigenvalue weighted by Crippen LogP contribution is -2.40. The summed E-state index contributed by atoms with van der Waals surface area (Å²) >= 11 is 1.54. The summed E-state index contributed by atoms with van der Waals surface area (Å²) in [5.41, 5.74) is 2.02. The molecule has 0 aliphatic carbocycles. The summed E-state index contributed by atoms with van der Waals surface area (Å²) in [5, 5.41) is 5.43. The van der Waals surface area contributed by atoms with Gasteiger partial charge in [-0.1, -0.05) is 6.07 Å². The highest BCUT2D eigenvalue weighted by atomic mass is 32.1. The normalized spacial score (nSPS) is 18.4. The Labute approximate surface area is 141 Å². The van der Waals surface area contributed by atoms with Crippen molar-refractivity contribution in [2.24, 2.45) is 0 Å². The van der Waals surface area contributed by atoms with E-state index in [-0.39, 0.29) is 11.9 Å². The molecule has 2 aromatic heterocycles. The van der Waals surface area contributed by atoms with Gasteiger partial charge in [0.1, 0.15) is 0 Å². The molecule has 1 atom stereocenters. The highest BCUT2D eigenvalue weighted by Crippen LogP contribution is 2.23. The molecule has 5 heteroatoms. The van der Waals surface area contributed by atoms with Crippen LogP contribution in [-0.2, 0) is 6.54 Å². The van der Waals surface area contributed by atoms with Gasteiger partial charge in [0.2, 0.25) is 0 Å². The first-order valence-corrected chi connectivity index (χ1v) is 9.09. The average molecular weight is 329 g/mol. The quantitative estimate of drug-likeness (QED) is 0.936. The second-order valence-electron chi connectivity index (χ2n) is 6.02. The molecule has 4 nitrogen and oxygen atoms in total. The maximum atomic E-state index is 13.1. The highest BCUT2D eigenvalue weighted by Gasteiger charge is 2.27. The van der Waals surface area contributed by atoms with Crippen LogP contribution in [0.2, 0.25) is 0 Å². The Morgan fingerprint density at radius 3 is 3.00 bits per heavy atom.